The minimum Gasteiger partial charge on any atom is -0.344 e. The Morgan fingerprint density at radius 3 is 2.25 bits per heavy atom. The number of anilines is 1. The summed E-state index contributed by atoms with van der Waals surface area (Å²) in [5, 5.41) is 5.05. The Kier molecular flexibility index (Phi) is 6.48. The average molecular weight is 466 g/mol. The molecule has 7 nitrogen and oxygen atoms in total. The molecule has 2 aromatic rings. The molecule has 0 unspecified atom stereocenters. The van der Waals surface area contributed by atoms with E-state index in [1.807, 2.05) is 0 Å². The van der Waals surface area contributed by atoms with Gasteiger partial charge in [-0.25, -0.2) is 8.42 Å². The Hall–Kier alpha value is -2.23. The Bertz CT molecular complexity index is 971. The second-order valence-corrected chi connectivity index (χ2v) is 9.16. The SMILES string of the molecule is O=C(NCc1ccc(S(=O)(=O)N2CCCC2)cc1)C(=O)Nc1ccccc1Br. The molecule has 3 rings (SSSR count). The molecule has 0 aliphatic carbocycles. The van der Waals surface area contributed by atoms with Gasteiger partial charge in [0, 0.05) is 24.1 Å². The van der Waals surface area contributed by atoms with Gasteiger partial charge in [-0.3, -0.25) is 9.59 Å². The van der Waals surface area contributed by atoms with E-state index in [4.69, 9.17) is 0 Å². The van der Waals surface area contributed by atoms with E-state index < -0.39 is 21.8 Å². The first-order valence-corrected chi connectivity index (χ1v) is 11.0. The van der Waals surface area contributed by atoms with Crippen LogP contribution in [0.2, 0.25) is 0 Å². The fourth-order valence-electron chi connectivity index (χ4n) is 2.86. The first kappa shape index (κ1) is 20.5. The van der Waals surface area contributed by atoms with E-state index >= 15 is 0 Å². The van der Waals surface area contributed by atoms with E-state index in [9.17, 15) is 18.0 Å². The molecule has 2 amide bonds. The summed E-state index contributed by atoms with van der Waals surface area (Å²) in [6.45, 7) is 1.21. The van der Waals surface area contributed by atoms with Crippen molar-refractivity contribution in [1.29, 1.82) is 0 Å². The molecule has 0 spiro atoms. The van der Waals surface area contributed by atoms with Crippen LogP contribution < -0.4 is 10.6 Å². The highest BCUT2D eigenvalue weighted by atomic mass is 79.9. The molecule has 0 saturated carbocycles. The lowest BCUT2D eigenvalue weighted by molar-refractivity contribution is -0.136. The van der Waals surface area contributed by atoms with Crippen LogP contribution in [0.1, 0.15) is 18.4 Å². The van der Waals surface area contributed by atoms with Crippen LogP contribution in [-0.4, -0.2) is 37.6 Å². The summed E-state index contributed by atoms with van der Waals surface area (Å²) in [5.41, 5.74) is 1.20. The smallest absolute Gasteiger partial charge is 0.313 e. The number of para-hydroxylation sites is 1. The Morgan fingerprint density at radius 1 is 0.964 bits per heavy atom. The third-order valence-corrected chi connectivity index (χ3v) is 7.01. The lowest BCUT2D eigenvalue weighted by atomic mass is 10.2. The predicted molar refractivity (Wildman–Crippen MR) is 109 cm³/mol. The van der Waals surface area contributed by atoms with Crippen molar-refractivity contribution in [2.24, 2.45) is 0 Å². The van der Waals surface area contributed by atoms with Crippen LogP contribution in [0.3, 0.4) is 0 Å². The molecular formula is C19H20BrN3O4S. The summed E-state index contributed by atoms with van der Waals surface area (Å²) in [7, 11) is -3.46. The molecule has 0 radical (unpaired) electrons. The molecule has 0 aromatic heterocycles. The maximum absolute atomic E-state index is 12.5. The number of carbonyl (C=O) groups excluding carboxylic acids is 2. The molecule has 148 valence electrons. The molecule has 1 heterocycles. The summed E-state index contributed by atoms with van der Waals surface area (Å²) < 4.78 is 27.2. The Balaban J connectivity index is 1.56. The van der Waals surface area contributed by atoms with Crippen LogP contribution >= 0.6 is 15.9 Å². The summed E-state index contributed by atoms with van der Waals surface area (Å²) in [6, 6.07) is 13.3. The van der Waals surface area contributed by atoms with Crippen LogP contribution in [0.4, 0.5) is 5.69 Å². The number of carbonyl (C=O) groups is 2. The highest BCUT2D eigenvalue weighted by Gasteiger charge is 2.26. The van der Waals surface area contributed by atoms with Crippen molar-refractivity contribution in [2.45, 2.75) is 24.3 Å². The first-order chi connectivity index (χ1) is 13.4. The lowest BCUT2D eigenvalue weighted by Gasteiger charge is -2.15. The van der Waals surface area contributed by atoms with E-state index in [0.717, 1.165) is 12.8 Å². The fourth-order valence-corrected chi connectivity index (χ4v) is 4.76. The topological polar surface area (TPSA) is 95.6 Å². The zero-order chi connectivity index (χ0) is 20.1. The minimum atomic E-state index is -3.46. The molecule has 2 N–H and O–H groups in total. The highest BCUT2D eigenvalue weighted by Crippen LogP contribution is 2.22. The quantitative estimate of drug-likeness (QED) is 0.662. The predicted octanol–water partition coefficient (Wildman–Crippen LogP) is 2.49. The maximum Gasteiger partial charge on any atom is 0.313 e. The van der Waals surface area contributed by atoms with Gasteiger partial charge in [-0.05, 0) is 58.6 Å². The van der Waals surface area contributed by atoms with E-state index in [2.05, 4.69) is 26.6 Å². The van der Waals surface area contributed by atoms with Gasteiger partial charge >= 0.3 is 11.8 Å². The highest BCUT2D eigenvalue weighted by molar-refractivity contribution is 9.10. The summed E-state index contributed by atoms with van der Waals surface area (Å²) >= 11 is 3.30. The number of rotatable bonds is 5. The van der Waals surface area contributed by atoms with Crippen molar-refractivity contribution in [3.63, 3.8) is 0 Å². The summed E-state index contributed by atoms with van der Waals surface area (Å²) in [5.74, 6) is -1.55. The second kappa shape index (κ2) is 8.85. The van der Waals surface area contributed by atoms with Gasteiger partial charge < -0.3 is 10.6 Å². The van der Waals surface area contributed by atoms with E-state index in [0.29, 0.717) is 28.8 Å². The third-order valence-electron chi connectivity index (χ3n) is 4.41. The van der Waals surface area contributed by atoms with Gasteiger partial charge in [0.25, 0.3) is 0 Å². The van der Waals surface area contributed by atoms with Crippen LogP contribution in [0.15, 0.2) is 57.9 Å². The van der Waals surface area contributed by atoms with Crippen molar-refractivity contribution >= 4 is 43.5 Å². The number of halogens is 1. The zero-order valence-electron chi connectivity index (χ0n) is 15.0. The Labute approximate surface area is 172 Å². The minimum absolute atomic E-state index is 0.117. The molecule has 1 saturated heterocycles. The van der Waals surface area contributed by atoms with Gasteiger partial charge in [0.15, 0.2) is 0 Å². The molecule has 9 heteroatoms. The number of sulfonamides is 1. The molecule has 1 fully saturated rings. The van der Waals surface area contributed by atoms with Gasteiger partial charge in [-0.1, -0.05) is 24.3 Å². The number of amides is 2. The summed E-state index contributed by atoms with van der Waals surface area (Å²) in [4.78, 5) is 24.2. The van der Waals surface area contributed by atoms with Crippen molar-refractivity contribution < 1.29 is 18.0 Å². The zero-order valence-corrected chi connectivity index (χ0v) is 17.4. The lowest BCUT2D eigenvalue weighted by Crippen LogP contribution is -2.35. The molecule has 2 aromatic carbocycles. The van der Waals surface area contributed by atoms with Gasteiger partial charge in [-0.15, -0.1) is 0 Å². The maximum atomic E-state index is 12.5. The largest absolute Gasteiger partial charge is 0.344 e. The normalized spacial score (nSPS) is 14.6. The number of nitrogens with one attached hydrogen (secondary N) is 2. The molecule has 1 aliphatic rings. The number of hydrogen-bond acceptors (Lipinski definition) is 4. The number of nitrogens with zero attached hydrogens (tertiary/aromatic N) is 1. The third kappa shape index (κ3) is 4.78. The first-order valence-electron chi connectivity index (χ1n) is 8.81. The Morgan fingerprint density at radius 2 is 1.61 bits per heavy atom. The molecular weight excluding hydrogens is 446 g/mol. The van der Waals surface area contributed by atoms with Crippen molar-refractivity contribution in [3.05, 3.63) is 58.6 Å². The van der Waals surface area contributed by atoms with E-state index in [1.54, 1.807) is 36.4 Å². The van der Waals surface area contributed by atoms with Crippen molar-refractivity contribution in [3.8, 4) is 0 Å². The van der Waals surface area contributed by atoms with E-state index in [-0.39, 0.29) is 11.4 Å². The molecule has 0 bridgehead atoms. The van der Waals surface area contributed by atoms with Crippen molar-refractivity contribution in [1.82, 2.24) is 9.62 Å². The van der Waals surface area contributed by atoms with Crippen LogP contribution in [0.25, 0.3) is 0 Å². The molecule has 1 aliphatic heterocycles. The van der Waals surface area contributed by atoms with Crippen LogP contribution in [0, 0.1) is 0 Å². The molecule has 0 atom stereocenters. The van der Waals surface area contributed by atoms with Gasteiger partial charge in [0.2, 0.25) is 10.0 Å². The van der Waals surface area contributed by atoms with Crippen molar-refractivity contribution in [2.75, 3.05) is 18.4 Å². The number of hydrogen-bond donors (Lipinski definition) is 2. The van der Waals surface area contributed by atoms with Crippen LogP contribution in [0.5, 0.6) is 0 Å². The summed E-state index contributed by atoms with van der Waals surface area (Å²) in [6.07, 6.45) is 1.76. The number of benzene rings is 2. The van der Waals surface area contributed by atoms with Gasteiger partial charge in [0.05, 0.1) is 10.6 Å². The average Bonchev–Trinajstić information content (AvgIpc) is 3.24. The standard InChI is InChI=1S/C19H20BrN3O4S/c20-16-5-1-2-6-17(16)22-19(25)18(24)21-13-14-7-9-15(10-8-14)28(26,27)23-11-3-4-12-23/h1-2,5-10H,3-4,11-13H2,(H,21,24)(H,22,25). The molecule has 28 heavy (non-hydrogen) atoms. The monoisotopic (exact) mass is 465 g/mol. The van der Waals surface area contributed by atoms with Crippen LogP contribution in [-0.2, 0) is 26.2 Å². The van der Waals surface area contributed by atoms with Gasteiger partial charge in [-0.2, -0.15) is 4.31 Å². The van der Waals surface area contributed by atoms with E-state index in [1.165, 1.54) is 16.4 Å². The fraction of sp³-hybridized carbons (Fsp3) is 0.263. The van der Waals surface area contributed by atoms with Gasteiger partial charge in [0.1, 0.15) is 0 Å². The second-order valence-electron chi connectivity index (χ2n) is 6.37.